The lowest BCUT2D eigenvalue weighted by Gasteiger charge is -2.09. The Morgan fingerprint density at radius 1 is 1.14 bits per heavy atom. The Morgan fingerprint density at radius 3 is 2.62 bits per heavy atom. The first-order valence-corrected chi connectivity index (χ1v) is 7.30. The summed E-state index contributed by atoms with van der Waals surface area (Å²) in [6.07, 6.45) is 0. The average Bonchev–Trinajstić information content (AvgIpc) is 2.53. The molecule has 0 aromatic heterocycles. The molecule has 0 amide bonds. The van der Waals surface area contributed by atoms with Gasteiger partial charge in [-0.3, -0.25) is 0 Å². The number of nitrogens with two attached hydrogens (primary N) is 1. The van der Waals surface area contributed by atoms with Crippen LogP contribution >= 0.6 is 11.8 Å². The van der Waals surface area contributed by atoms with E-state index in [0.29, 0.717) is 11.3 Å². The molecule has 21 heavy (non-hydrogen) atoms. The molecule has 0 saturated heterocycles. The molecule has 0 aliphatic rings. The van der Waals surface area contributed by atoms with Gasteiger partial charge in [0.25, 0.3) is 0 Å². The second kappa shape index (κ2) is 6.91. The van der Waals surface area contributed by atoms with E-state index in [4.69, 9.17) is 20.5 Å². The van der Waals surface area contributed by atoms with Crippen LogP contribution in [0.4, 0.5) is 5.69 Å². The summed E-state index contributed by atoms with van der Waals surface area (Å²) in [4.78, 5) is 0.970. The topological polar surface area (TPSA) is 68.3 Å². The van der Waals surface area contributed by atoms with Crippen molar-refractivity contribution >= 4 is 17.4 Å². The zero-order valence-electron chi connectivity index (χ0n) is 11.9. The van der Waals surface area contributed by atoms with Crippen molar-refractivity contribution in [1.29, 1.82) is 5.26 Å². The van der Waals surface area contributed by atoms with Gasteiger partial charge in [0, 0.05) is 16.3 Å². The maximum absolute atomic E-state index is 8.98. The fourth-order valence-corrected chi connectivity index (χ4v) is 2.78. The lowest BCUT2D eigenvalue weighted by molar-refractivity contribution is 0.413. The minimum atomic E-state index is 0.534. The van der Waals surface area contributed by atoms with Crippen molar-refractivity contribution < 1.29 is 9.47 Å². The molecular weight excluding hydrogens is 284 g/mol. The molecule has 2 N–H and O–H groups in total. The van der Waals surface area contributed by atoms with E-state index in [-0.39, 0.29) is 0 Å². The molecule has 0 aliphatic carbocycles. The van der Waals surface area contributed by atoms with Crippen molar-refractivity contribution in [1.82, 2.24) is 0 Å². The number of benzene rings is 2. The fraction of sp³-hybridized carbons (Fsp3) is 0.188. The third-order valence-electron chi connectivity index (χ3n) is 3.00. The molecule has 0 spiro atoms. The van der Waals surface area contributed by atoms with Crippen LogP contribution in [-0.4, -0.2) is 14.2 Å². The quantitative estimate of drug-likeness (QED) is 0.676. The van der Waals surface area contributed by atoms with E-state index in [0.717, 1.165) is 27.6 Å². The number of ether oxygens (including phenoxy) is 2. The zero-order chi connectivity index (χ0) is 15.2. The number of methoxy groups -OCH3 is 2. The summed E-state index contributed by atoms with van der Waals surface area (Å²) in [7, 11) is 3.19. The van der Waals surface area contributed by atoms with Gasteiger partial charge in [-0.2, -0.15) is 5.26 Å². The molecule has 108 valence electrons. The summed E-state index contributed by atoms with van der Waals surface area (Å²) in [6.45, 7) is 0. The molecule has 2 rings (SSSR count). The van der Waals surface area contributed by atoms with Gasteiger partial charge in [-0.15, -0.1) is 11.8 Å². The molecule has 2 aromatic rings. The third-order valence-corrected chi connectivity index (χ3v) is 4.14. The Labute approximate surface area is 128 Å². The highest BCUT2D eigenvalue weighted by Crippen LogP contribution is 2.32. The predicted octanol–water partition coefficient (Wildman–Crippen LogP) is 3.45. The van der Waals surface area contributed by atoms with Gasteiger partial charge >= 0.3 is 0 Å². The van der Waals surface area contributed by atoms with E-state index in [2.05, 4.69) is 6.07 Å². The minimum Gasteiger partial charge on any atom is -0.497 e. The smallest absolute Gasteiger partial charge is 0.136 e. The van der Waals surface area contributed by atoms with Crippen LogP contribution in [0.1, 0.15) is 11.1 Å². The van der Waals surface area contributed by atoms with Crippen molar-refractivity contribution in [2.45, 2.75) is 10.6 Å². The van der Waals surface area contributed by atoms with Crippen molar-refractivity contribution in [2.24, 2.45) is 0 Å². The Balaban J connectivity index is 2.15. The first-order valence-electron chi connectivity index (χ1n) is 6.31. The third kappa shape index (κ3) is 3.61. The summed E-state index contributed by atoms with van der Waals surface area (Å²) in [5.74, 6) is 2.11. The molecule has 0 unspecified atom stereocenters. The number of rotatable bonds is 5. The van der Waals surface area contributed by atoms with Crippen molar-refractivity contribution in [3.05, 3.63) is 47.5 Å². The highest BCUT2D eigenvalue weighted by Gasteiger charge is 2.06. The number of nitrogens with zero attached hydrogens (tertiary/aromatic N) is 1. The summed E-state index contributed by atoms with van der Waals surface area (Å²) in [5.41, 5.74) is 8.29. The summed E-state index contributed by atoms with van der Waals surface area (Å²) in [6, 6.07) is 13.3. The Kier molecular flexibility index (Phi) is 4.96. The van der Waals surface area contributed by atoms with E-state index in [1.54, 1.807) is 32.0 Å². The monoisotopic (exact) mass is 300 g/mol. The summed E-state index contributed by atoms with van der Waals surface area (Å²) < 4.78 is 10.4. The van der Waals surface area contributed by atoms with Crippen molar-refractivity contribution in [3.63, 3.8) is 0 Å². The van der Waals surface area contributed by atoms with E-state index < -0.39 is 0 Å². The van der Waals surface area contributed by atoms with Gasteiger partial charge < -0.3 is 15.2 Å². The van der Waals surface area contributed by atoms with Crippen LogP contribution in [0, 0.1) is 11.3 Å². The molecule has 5 heteroatoms. The molecule has 0 fully saturated rings. The molecule has 2 aromatic carbocycles. The van der Waals surface area contributed by atoms with E-state index in [1.807, 2.05) is 30.3 Å². The van der Waals surface area contributed by atoms with Crippen LogP contribution < -0.4 is 15.2 Å². The maximum Gasteiger partial charge on any atom is 0.136 e. The SMILES string of the molecule is COc1ccc(N)c(SCc2ccc(C#N)c(OC)c2)c1. The highest BCUT2D eigenvalue weighted by molar-refractivity contribution is 7.98. The lowest BCUT2D eigenvalue weighted by atomic mass is 10.1. The first kappa shape index (κ1) is 15.1. The average molecular weight is 300 g/mol. The van der Waals surface area contributed by atoms with Crippen LogP contribution in [0.15, 0.2) is 41.3 Å². The van der Waals surface area contributed by atoms with Crippen molar-refractivity contribution in [3.8, 4) is 17.6 Å². The number of anilines is 1. The summed E-state index contributed by atoms with van der Waals surface area (Å²) in [5, 5.41) is 8.98. The normalized spacial score (nSPS) is 9.95. The molecule has 0 radical (unpaired) electrons. The number of nitriles is 1. The van der Waals surface area contributed by atoms with Gasteiger partial charge in [-0.05, 0) is 35.9 Å². The number of thioether (sulfide) groups is 1. The molecule has 0 saturated carbocycles. The number of nitrogen functional groups attached to an aromatic ring is 1. The molecule has 0 bridgehead atoms. The Hall–Kier alpha value is -2.32. The largest absolute Gasteiger partial charge is 0.497 e. The lowest BCUT2D eigenvalue weighted by Crippen LogP contribution is -1.92. The van der Waals surface area contributed by atoms with Crippen LogP contribution in [0.2, 0.25) is 0 Å². The molecule has 0 heterocycles. The van der Waals surface area contributed by atoms with Crippen LogP contribution in [0.25, 0.3) is 0 Å². The second-order valence-electron chi connectivity index (χ2n) is 4.34. The molecule has 0 aliphatic heterocycles. The van der Waals surface area contributed by atoms with Gasteiger partial charge in [0.1, 0.15) is 17.6 Å². The number of hydrogen-bond acceptors (Lipinski definition) is 5. The minimum absolute atomic E-state index is 0.534. The van der Waals surface area contributed by atoms with Crippen LogP contribution in [-0.2, 0) is 5.75 Å². The predicted molar refractivity (Wildman–Crippen MR) is 84.7 cm³/mol. The van der Waals surface area contributed by atoms with Gasteiger partial charge in [-0.1, -0.05) is 6.07 Å². The molecular formula is C16H16N2O2S. The zero-order valence-corrected chi connectivity index (χ0v) is 12.7. The Morgan fingerprint density at radius 2 is 1.95 bits per heavy atom. The maximum atomic E-state index is 8.98. The Bertz CT molecular complexity index is 680. The van der Waals surface area contributed by atoms with Crippen LogP contribution in [0.5, 0.6) is 11.5 Å². The standard InChI is InChI=1S/C16H16N2O2S/c1-19-13-5-6-14(18)16(8-13)21-10-11-3-4-12(9-17)15(7-11)20-2/h3-8H,10,18H2,1-2H3. The van der Waals surface area contributed by atoms with Gasteiger partial charge in [-0.25, -0.2) is 0 Å². The van der Waals surface area contributed by atoms with E-state index in [9.17, 15) is 0 Å². The van der Waals surface area contributed by atoms with E-state index >= 15 is 0 Å². The van der Waals surface area contributed by atoms with Crippen LogP contribution in [0.3, 0.4) is 0 Å². The first-order chi connectivity index (χ1) is 10.2. The van der Waals surface area contributed by atoms with Gasteiger partial charge in [0.15, 0.2) is 0 Å². The molecule has 0 atom stereocenters. The van der Waals surface area contributed by atoms with Gasteiger partial charge in [0.05, 0.1) is 19.8 Å². The van der Waals surface area contributed by atoms with E-state index in [1.165, 1.54) is 0 Å². The summed E-state index contributed by atoms with van der Waals surface area (Å²) >= 11 is 1.62. The fourth-order valence-electron chi connectivity index (χ4n) is 1.85. The van der Waals surface area contributed by atoms with Crippen molar-refractivity contribution in [2.75, 3.05) is 20.0 Å². The highest BCUT2D eigenvalue weighted by atomic mass is 32.2. The second-order valence-corrected chi connectivity index (χ2v) is 5.36. The van der Waals surface area contributed by atoms with Gasteiger partial charge in [0.2, 0.25) is 0 Å². The number of hydrogen-bond donors (Lipinski definition) is 1. The molecule has 4 nitrogen and oxygen atoms in total.